The SMILES string of the molecule is Cc1cc(C)n(-c2ccc(=O)n(CCNC(=O)c3sc(C)nc3C)n2)n1. The third-order valence-electron chi connectivity index (χ3n) is 3.80. The fourth-order valence-electron chi connectivity index (χ4n) is 2.67. The van der Waals surface area contributed by atoms with Gasteiger partial charge in [0.2, 0.25) is 0 Å². The molecule has 0 aliphatic rings. The molecule has 9 heteroatoms. The van der Waals surface area contributed by atoms with Crippen LogP contribution in [0.25, 0.3) is 5.82 Å². The Morgan fingerprint density at radius 3 is 2.58 bits per heavy atom. The molecule has 8 nitrogen and oxygen atoms in total. The van der Waals surface area contributed by atoms with E-state index in [0.29, 0.717) is 22.9 Å². The molecule has 0 bridgehead atoms. The van der Waals surface area contributed by atoms with Crippen molar-refractivity contribution in [3.05, 3.63) is 55.5 Å². The van der Waals surface area contributed by atoms with Crippen molar-refractivity contribution in [3.8, 4) is 5.82 Å². The third-order valence-corrected chi connectivity index (χ3v) is 4.87. The van der Waals surface area contributed by atoms with Gasteiger partial charge in [-0.2, -0.15) is 5.10 Å². The van der Waals surface area contributed by atoms with Gasteiger partial charge in [-0.3, -0.25) is 9.59 Å². The molecule has 136 valence electrons. The summed E-state index contributed by atoms with van der Waals surface area (Å²) in [6, 6.07) is 5.04. The lowest BCUT2D eigenvalue weighted by Crippen LogP contribution is -2.32. The van der Waals surface area contributed by atoms with Crippen molar-refractivity contribution in [2.24, 2.45) is 0 Å². The Hall–Kier alpha value is -2.81. The van der Waals surface area contributed by atoms with Crippen LogP contribution < -0.4 is 10.9 Å². The molecular formula is C17H20N6O2S. The molecule has 3 aromatic heterocycles. The van der Waals surface area contributed by atoms with Gasteiger partial charge in [-0.15, -0.1) is 16.4 Å². The first-order valence-corrected chi connectivity index (χ1v) is 9.01. The van der Waals surface area contributed by atoms with Crippen LogP contribution in [0.5, 0.6) is 0 Å². The maximum atomic E-state index is 12.2. The number of aromatic nitrogens is 5. The summed E-state index contributed by atoms with van der Waals surface area (Å²) < 4.78 is 3.02. The van der Waals surface area contributed by atoms with Crippen LogP contribution >= 0.6 is 11.3 Å². The summed E-state index contributed by atoms with van der Waals surface area (Å²) in [6.45, 7) is 8.07. The molecule has 1 amide bonds. The van der Waals surface area contributed by atoms with Crippen molar-refractivity contribution < 1.29 is 4.79 Å². The number of nitrogens with zero attached hydrogens (tertiary/aromatic N) is 5. The molecule has 3 aromatic rings. The van der Waals surface area contributed by atoms with E-state index in [4.69, 9.17) is 0 Å². The standard InChI is InChI=1S/C17H20N6O2S/c1-10-9-11(2)23(20-10)14-5-6-15(24)22(21-14)8-7-18-17(25)16-12(3)19-13(4)26-16/h5-6,9H,7-8H2,1-4H3,(H,18,25). The Balaban J connectivity index is 1.71. The van der Waals surface area contributed by atoms with E-state index in [1.54, 1.807) is 10.7 Å². The summed E-state index contributed by atoms with van der Waals surface area (Å²) >= 11 is 1.36. The molecule has 0 saturated heterocycles. The fraction of sp³-hybridized carbons (Fsp3) is 0.353. The van der Waals surface area contributed by atoms with Crippen LogP contribution in [0.4, 0.5) is 0 Å². The highest BCUT2D eigenvalue weighted by Crippen LogP contribution is 2.16. The number of carbonyl (C=O) groups is 1. The first-order valence-electron chi connectivity index (χ1n) is 8.19. The van der Waals surface area contributed by atoms with Crippen molar-refractivity contribution in [1.29, 1.82) is 0 Å². The number of nitrogens with one attached hydrogen (secondary N) is 1. The second-order valence-corrected chi connectivity index (χ2v) is 7.20. The van der Waals surface area contributed by atoms with Crippen LogP contribution in [0.3, 0.4) is 0 Å². The van der Waals surface area contributed by atoms with Crippen LogP contribution in [-0.4, -0.2) is 37.0 Å². The van der Waals surface area contributed by atoms with Crippen molar-refractivity contribution in [1.82, 2.24) is 29.9 Å². The molecule has 0 unspecified atom stereocenters. The Morgan fingerprint density at radius 1 is 1.19 bits per heavy atom. The fourth-order valence-corrected chi connectivity index (χ4v) is 3.51. The highest BCUT2D eigenvalue weighted by Gasteiger charge is 2.13. The lowest BCUT2D eigenvalue weighted by atomic mass is 10.3. The summed E-state index contributed by atoms with van der Waals surface area (Å²) in [6.07, 6.45) is 0. The molecule has 0 fully saturated rings. The topological polar surface area (TPSA) is 94.7 Å². The summed E-state index contributed by atoms with van der Waals surface area (Å²) in [7, 11) is 0. The highest BCUT2D eigenvalue weighted by molar-refractivity contribution is 7.13. The second-order valence-electron chi connectivity index (χ2n) is 6.00. The summed E-state index contributed by atoms with van der Waals surface area (Å²) in [5, 5.41) is 12.4. The Labute approximate surface area is 154 Å². The molecule has 3 rings (SSSR count). The van der Waals surface area contributed by atoms with Crippen molar-refractivity contribution in [2.75, 3.05) is 6.54 Å². The van der Waals surface area contributed by atoms with Crippen LogP contribution in [0.1, 0.15) is 31.8 Å². The first-order chi connectivity index (χ1) is 12.3. The number of thiazole rings is 1. The van der Waals surface area contributed by atoms with E-state index in [0.717, 1.165) is 16.4 Å². The molecule has 0 spiro atoms. The number of carbonyl (C=O) groups excluding carboxylic acids is 1. The minimum absolute atomic E-state index is 0.184. The first kappa shape index (κ1) is 18.0. The van der Waals surface area contributed by atoms with E-state index < -0.39 is 0 Å². The molecule has 0 aliphatic carbocycles. The zero-order chi connectivity index (χ0) is 18.8. The molecule has 0 radical (unpaired) electrons. The minimum atomic E-state index is -0.227. The predicted octanol–water partition coefficient (Wildman–Crippen LogP) is 1.55. The normalized spacial score (nSPS) is 10.9. The van der Waals surface area contributed by atoms with E-state index in [1.807, 2.05) is 33.8 Å². The van der Waals surface area contributed by atoms with Gasteiger partial charge in [-0.1, -0.05) is 0 Å². The number of amides is 1. The van der Waals surface area contributed by atoms with Gasteiger partial charge in [0, 0.05) is 18.3 Å². The summed E-state index contributed by atoms with van der Waals surface area (Å²) in [5.74, 6) is 0.381. The summed E-state index contributed by atoms with van der Waals surface area (Å²) in [5.41, 5.74) is 2.30. The van der Waals surface area contributed by atoms with Crippen LogP contribution in [0.15, 0.2) is 23.0 Å². The third kappa shape index (κ3) is 3.72. The van der Waals surface area contributed by atoms with Crippen LogP contribution in [0, 0.1) is 27.7 Å². The number of rotatable bonds is 5. The summed E-state index contributed by atoms with van der Waals surface area (Å²) in [4.78, 5) is 29.1. The molecular weight excluding hydrogens is 352 g/mol. The lowest BCUT2D eigenvalue weighted by Gasteiger charge is -2.09. The van der Waals surface area contributed by atoms with Gasteiger partial charge in [0.15, 0.2) is 5.82 Å². The number of hydrogen-bond donors (Lipinski definition) is 1. The Kier molecular flexibility index (Phi) is 4.99. The van der Waals surface area contributed by atoms with Crippen molar-refractivity contribution in [3.63, 3.8) is 0 Å². The zero-order valence-corrected chi connectivity index (χ0v) is 15.9. The van der Waals surface area contributed by atoms with Crippen LogP contribution in [-0.2, 0) is 6.54 Å². The molecule has 0 aromatic carbocycles. The monoisotopic (exact) mass is 372 g/mol. The van der Waals surface area contributed by atoms with Crippen LogP contribution in [0.2, 0.25) is 0 Å². The average Bonchev–Trinajstić information content (AvgIpc) is 3.09. The van der Waals surface area contributed by atoms with E-state index >= 15 is 0 Å². The maximum Gasteiger partial charge on any atom is 0.266 e. The van der Waals surface area contributed by atoms with E-state index in [2.05, 4.69) is 20.5 Å². The quantitative estimate of drug-likeness (QED) is 0.733. The molecule has 26 heavy (non-hydrogen) atoms. The molecule has 3 heterocycles. The molecule has 0 aliphatic heterocycles. The van der Waals surface area contributed by atoms with Gasteiger partial charge < -0.3 is 5.32 Å². The van der Waals surface area contributed by atoms with Gasteiger partial charge in [-0.25, -0.2) is 14.3 Å². The minimum Gasteiger partial charge on any atom is -0.349 e. The predicted molar refractivity (Wildman–Crippen MR) is 99.0 cm³/mol. The van der Waals surface area contributed by atoms with Gasteiger partial charge >= 0.3 is 0 Å². The van der Waals surface area contributed by atoms with Crippen molar-refractivity contribution in [2.45, 2.75) is 34.2 Å². The average molecular weight is 372 g/mol. The molecule has 1 N–H and O–H groups in total. The second kappa shape index (κ2) is 7.20. The van der Waals surface area contributed by atoms with E-state index in [-0.39, 0.29) is 18.0 Å². The van der Waals surface area contributed by atoms with E-state index in [1.165, 1.54) is 22.1 Å². The largest absolute Gasteiger partial charge is 0.349 e. The number of hydrogen-bond acceptors (Lipinski definition) is 6. The Morgan fingerprint density at radius 2 is 1.96 bits per heavy atom. The molecule has 0 saturated carbocycles. The Bertz CT molecular complexity index is 1020. The number of aryl methyl sites for hydroxylation is 4. The van der Waals surface area contributed by atoms with Gasteiger partial charge in [-0.05, 0) is 39.8 Å². The molecule has 0 atom stereocenters. The van der Waals surface area contributed by atoms with Crippen molar-refractivity contribution >= 4 is 17.2 Å². The van der Waals surface area contributed by atoms with Gasteiger partial charge in [0.25, 0.3) is 11.5 Å². The highest BCUT2D eigenvalue weighted by atomic mass is 32.1. The smallest absolute Gasteiger partial charge is 0.266 e. The van der Waals surface area contributed by atoms with Gasteiger partial charge in [0.05, 0.1) is 22.9 Å². The zero-order valence-electron chi connectivity index (χ0n) is 15.1. The maximum absolute atomic E-state index is 12.2. The van der Waals surface area contributed by atoms with E-state index in [9.17, 15) is 9.59 Å². The lowest BCUT2D eigenvalue weighted by molar-refractivity contribution is 0.0955. The van der Waals surface area contributed by atoms with Gasteiger partial charge in [0.1, 0.15) is 4.88 Å².